The number of Topliss-reactive ketones (excluding diaryl/α,β-unsaturated/α-hetero) is 1. The van der Waals surface area contributed by atoms with E-state index < -0.39 is 0 Å². The fourth-order valence-electron chi connectivity index (χ4n) is 3.16. The molecule has 0 aliphatic rings. The average molecular weight is 256 g/mol. The van der Waals surface area contributed by atoms with Crippen molar-refractivity contribution in [3.8, 4) is 0 Å². The molecule has 0 radical (unpaired) electrons. The molecule has 0 aliphatic heterocycles. The van der Waals surface area contributed by atoms with Crippen molar-refractivity contribution >= 4 is 5.78 Å². The van der Waals surface area contributed by atoms with E-state index in [0.29, 0.717) is 24.0 Å². The molecule has 108 valence electrons. The normalized spacial score (nSPS) is 16.1. The van der Waals surface area contributed by atoms with E-state index in [4.69, 9.17) is 0 Å². The zero-order valence-electron chi connectivity index (χ0n) is 13.3. The van der Waals surface area contributed by atoms with Crippen LogP contribution in [0.25, 0.3) is 0 Å². The van der Waals surface area contributed by atoms with Crippen molar-refractivity contribution < 1.29 is 9.90 Å². The van der Waals surface area contributed by atoms with Gasteiger partial charge in [0.05, 0.1) is 0 Å². The van der Waals surface area contributed by atoms with E-state index in [2.05, 4.69) is 48.5 Å². The van der Waals surface area contributed by atoms with E-state index in [-0.39, 0.29) is 23.9 Å². The molecule has 0 heterocycles. The lowest BCUT2D eigenvalue weighted by atomic mass is 9.70. The van der Waals surface area contributed by atoms with Crippen LogP contribution in [0.2, 0.25) is 0 Å². The second kappa shape index (κ2) is 7.28. The van der Waals surface area contributed by atoms with Gasteiger partial charge >= 0.3 is 0 Å². The van der Waals surface area contributed by atoms with Crippen LogP contribution in [0.1, 0.15) is 61.3 Å². The summed E-state index contributed by atoms with van der Waals surface area (Å²) < 4.78 is 0. The lowest BCUT2D eigenvalue weighted by molar-refractivity contribution is -0.129. The predicted octanol–water partition coefficient (Wildman–Crippen LogP) is 3.92. The van der Waals surface area contributed by atoms with Gasteiger partial charge in [-0.1, -0.05) is 48.5 Å². The first-order valence-corrected chi connectivity index (χ1v) is 7.23. The van der Waals surface area contributed by atoms with Gasteiger partial charge in [0.15, 0.2) is 0 Å². The molecule has 0 aromatic carbocycles. The average Bonchev–Trinajstić information content (AvgIpc) is 2.12. The summed E-state index contributed by atoms with van der Waals surface area (Å²) in [4.78, 5) is 12.5. The summed E-state index contributed by atoms with van der Waals surface area (Å²) in [6.07, 6.45) is 1.45. The van der Waals surface area contributed by atoms with Crippen molar-refractivity contribution in [2.75, 3.05) is 6.61 Å². The van der Waals surface area contributed by atoms with Crippen LogP contribution in [0.4, 0.5) is 0 Å². The van der Waals surface area contributed by atoms with Crippen molar-refractivity contribution in [2.24, 2.45) is 29.1 Å². The molecule has 0 rings (SSSR count). The van der Waals surface area contributed by atoms with Crippen molar-refractivity contribution in [3.05, 3.63) is 0 Å². The second-order valence-corrected chi connectivity index (χ2v) is 7.44. The highest BCUT2D eigenvalue weighted by Crippen LogP contribution is 2.34. The van der Waals surface area contributed by atoms with Crippen LogP contribution >= 0.6 is 0 Å². The number of aliphatic hydroxyl groups excluding tert-OH is 1. The summed E-state index contributed by atoms with van der Waals surface area (Å²) >= 11 is 0. The van der Waals surface area contributed by atoms with Crippen LogP contribution in [-0.2, 0) is 4.79 Å². The van der Waals surface area contributed by atoms with Crippen molar-refractivity contribution in [1.29, 1.82) is 0 Å². The van der Waals surface area contributed by atoms with E-state index in [0.717, 1.165) is 6.42 Å². The molecule has 2 nitrogen and oxygen atoms in total. The molecule has 2 atom stereocenters. The van der Waals surface area contributed by atoms with Crippen LogP contribution in [0, 0.1) is 29.1 Å². The number of hydrogen-bond donors (Lipinski definition) is 1. The summed E-state index contributed by atoms with van der Waals surface area (Å²) in [5.74, 6) is 1.41. The first kappa shape index (κ1) is 17.6. The van der Waals surface area contributed by atoms with E-state index in [1.165, 1.54) is 0 Å². The summed E-state index contributed by atoms with van der Waals surface area (Å²) in [5.41, 5.74) is 0.00306. The Kier molecular flexibility index (Phi) is 7.13. The number of carbonyl (C=O) groups excluding carboxylic acids is 1. The SMILES string of the molecule is CC(C)C[C@H](CO)CC(=O)[C@@H](C(C)C)C(C)(C)C. The Hall–Kier alpha value is -0.370. The highest BCUT2D eigenvalue weighted by atomic mass is 16.3. The fourth-order valence-corrected chi connectivity index (χ4v) is 3.16. The molecular weight excluding hydrogens is 224 g/mol. The first-order chi connectivity index (χ1) is 8.09. The minimum atomic E-state index is 0.00306. The Balaban J connectivity index is 4.69. The highest BCUT2D eigenvalue weighted by molar-refractivity contribution is 5.82. The van der Waals surface area contributed by atoms with Gasteiger partial charge < -0.3 is 5.11 Å². The molecule has 0 aliphatic carbocycles. The minimum Gasteiger partial charge on any atom is -0.396 e. The number of aliphatic hydroxyl groups is 1. The quantitative estimate of drug-likeness (QED) is 0.749. The van der Waals surface area contributed by atoms with Crippen molar-refractivity contribution in [3.63, 3.8) is 0 Å². The minimum absolute atomic E-state index is 0.00306. The summed E-state index contributed by atoms with van der Waals surface area (Å²) in [6, 6.07) is 0. The topological polar surface area (TPSA) is 37.3 Å². The van der Waals surface area contributed by atoms with Gasteiger partial charge in [-0.05, 0) is 29.6 Å². The molecule has 2 heteroatoms. The molecule has 18 heavy (non-hydrogen) atoms. The molecular formula is C16H32O2. The van der Waals surface area contributed by atoms with E-state index in [9.17, 15) is 9.90 Å². The maximum Gasteiger partial charge on any atom is 0.137 e. The Morgan fingerprint density at radius 3 is 1.89 bits per heavy atom. The Morgan fingerprint density at radius 1 is 1.11 bits per heavy atom. The van der Waals surface area contributed by atoms with Gasteiger partial charge in [-0.25, -0.2) is 0 Å². The molecule has 0 fully saturated rings. The van der Waals surface area contributed by atoms with Gasteiger partial charge in [-0.2, -0.15) is 0 Å². The smallest absolute Gasteiger partial charge is 0.137 e. The third-order valence-electron chi connectivity index (χ3n) is 3.50. The number of ketones is 1. The Bertz CT molecular complexity index is 248. The Labute approximate surface area is 113 Å². The van der Waals surface area contributed by atoms with Crippen LogP contribution in [-0.4, -0.2) is 17.5 Å². The molecule has 0 aromatic rings. The summed E-state index contributed by atoms with van der Waals surface area (Å²) in [5, 5.41) is 9.39. The molecule has 0 spiro atoms. The lowest BCUT2D eigenvalue weighted by Gasteiger charge is -2.33. The first-order valence-electron chi connectivity index (χ1n) is 7.23. The Morgan fingerprint density at radius 2 is 1.61 bits per heavy atom. The highest BCUT2D eigenvalue weighted by Gasteiger charge is 2.34. The molecule has 0 aromatic heterocycles. The maximum atomic E-state index is 12.5. The lowest BCUT2D eigenvalue weighted by Crippen LogP contribution is -2.34. The van der Waals surface area contributed by atoms with Gasteiger partial charge in [0.2, 0.25) is 0 Å². The van der Waals surface area contributed by atoms with E-state index in [1.807, 2.05) is 0 Å². The molecule has 0 bridgehead atoms. The fraction of sp³-hybridized carbons (Fsp3) is 0.938. The maximum absolute atomic E-state index is 12.5. The monoisotopic (exact) mass is 256 g/mol. The molecule has 0 saturated carbocycles. The van der Waals surface area contributed by atoms with E-state index in [1.54, 1.807) is 0 Å². The van der Waals surface area contributed by atoms with Gasteiger partial charge in [0, 0.05) is 18.9 Å². The zero-order valence-corrected chi connectivity index (χ0v) is 13.3. The van der Waals surface area contributed by atoms with Gasteiger partial charge in [-0.15, -0.1) is 0 Å². The van der Waals surface area contributed by atoms with E-state index >= 15 is 0 Å². The van der Waals surface area contributed by atoms with Crippen molar-refractivity contribution in [2.45, 2.75) is 61.3 Å². The number of hydrogen-bond acceptors (Lipinski definition) is 2. The predicted molar refractivity (Wildman–Crippen MR) is 77.4 cm³/mol. The van der Waals surface area contributed by atoms with Gasteiger partial charge in [-0.3, -0.25) is 4.79 Å². The zero-order chi connectivity index (χ0) is 14.5. The summed E-state index contributed by atoms with van der Waals surface area (Å²) in [6.45, 7) is 15.0. The van der Waals surface area contributed by atoms with Crippen LogP contribution in [0.5, 0.6) is 0 Å². The molecule has 0 unspecified atom stereocenters. The van der Waals surface area contributed by atoms with Crippen LogP contribution < -0.4 is 0 Å². The largest absolute Gasteiger partial charge is 0.396 e. The third kappa shape index (κ3) is 5.99. The summed E-state index contributed by atoms with van der Waals surface area (Å²) in [7, 11) is 0. The van der Waals surface area contributed by atoms with Crippen LogP contribution in [0.15, 0.2) is 0 Å². The second-order valence-electron chi connectivity index (χ2n) is 7.44. The number of rotatable bonds is 7. The molecule has 1 N–H and O–H groups in total. The standard InChI is InChI=1S/C16H32O2/c1-11(2)8-13(10-17)9-14(18)15(12(3)4)16(5,6)7/h11-13,15,17H,8-10H2,1-7H3/t13-,15+/m0/s1. The molecule has 0 saturated heterocycles. The number of carbonyl (C=O) groups is 1. The molecule has 0 amide bonds. The third-order valence-corrected chi connectivity index (χ3v) is 3.50. The van der Waals surface area contributed by atoms with Gasteiger partial charge in [0.1, 0.15) is 5.78 Å². The van der Waals surface area contributed by atoms with Gasteiger partial charge in [0.25, 0.3) is 0 Å². The van der Waals surface area contributed by atoms with Crippen LogP contribution in [0.3, 0.4) is 0 Å². The van der Waals surface area contributed by atoms with Crippen molar-refractivity contribution in [1.82, 2.24) is 0 Å².